The average Bonchev–Trinajstić information content (AvgIpc) is 2.49. The van der Waals surface area contributed by atoms with Crippen molar-refractivity contribution in [2.24, 2.45) is 5.73 Å². The van der Waals surface area contributed by atoms with E-state index in [0.717, 1.165) is 0 Å². The highest BCUT2D eigenvalue weighted by atomic mass is 16.7. The summed E-state index contributed by atoms with van der Waals surface area (Å²) in [5, 5.41) is 0. The van der Waals surface area contributed by atoms with E-state index >= 15 is 0 Å². The Kier molecular flexibility index (Phi) is 1.70. The third-order valence-electron chi connectivity index (χ3n) is 1.56. The van der Waals surface area contributed by atoms with E-state index < -0.39 is 6.09 Å². The molecule has 0 radical (unpaired) electrons. The normalized spacial score (nSPS) is 12.6. The van der Waals surface area contributed by atoms with Gasteiger partial charge in [-0.15, -0.1) is 0 Å². The van der Waals surface area contributed by atoms with Crippen molar-refractivity contribution in [2.75, 3.05) is 6.79 Å². The molecule has 0 saturated heterocycles. The van der Waals surface area contributed by atoms with Gasteiger partial charge in [-0.1, -0.05) is 0 Å². The Morgan fingerprint density at radius 2 is 2.15 bits per heavy atom. The first-order chi connectivity index (χ1) is 6.25. The van der Waals surface area contributed by atoms with E-state index in [0.29, 0.717) is 17.2 Å². The van der Waals surface area contributed by atoms with Gasteiger partial charge in [0.1, 0.15) is 5.75 Å². The fourth-order valence-electron chi connectivity index (χ4n) is 1.06. The van der Waals surface area contributed by atoms with E-state index in [2.05, 4.69) is 4.74 Å². The van der Waals surface area contributed by atoms with E-state index in [1.54, 1.807) is 18.2 Å². The number of hydrogen-bond donors (Lipinski definition) is 1. The van der Waals surface area contributed by atoms with Crippen molar-refractivity contribution in [3.63, 3.8) is 0 Å². The molecule has 1 aromatic carbocycles. The molecule has 0 atom stereocenters. The van der Waals surface area contributed by atoms with Crippen molar-refractivity contribution in [1.82, 2.24) is 0 Å². The van der Waals surface area contributed by atoms with Gasteiger partial charge in [-0.25, -0.2) is 4.79 Å². The standard InChI is InChI=1S/C8H7NO4/c9-8(10)13-5-1-2-6-7(3-5)12-4-11-6/h1-3H,4H2,(H2,9,10). The minimum Gasteiger partial charge on any atom is -0.454 e. The highest BCUT2D eigenvalue weighted by Gasteiger charge is 2.14. The van der Waals surface area contributed by atoms with E-state index in [1.165, 1.54) is 0 Å². The van der Waals surface area contributed by atoms with Gasteiger partial charge >= 0.3 is 6.09 Å². The number of carbonyl (C=O) groups is 1. The molecule has 5 heteroatoms. The molecule has 1 heterocycles. The lowest BCUT2D eigenvalue weighted by Gasteiger charge is -2.00. The van der Waals surface area contributed by atoms with Crippen LogP contribution in [0.4, 0.5) is 4.79 Å². The fourth-order valence-corrected chi connectivity index (χ4v) is 1.06. The highest BCUT2D eigenvalue weighted by Crippen LogP contribution is 2.34. The molecule has 0 bridgehead atoms. The van der Waals surface area contributed by atoms with Crippen LogP contribution in [0.3, 0.4) is 0 Å². The van der Waals surface area contributed by atoms with Crippen LogP contribution in [0.1, 0.15) is 0 Å². The molecule has 0 fully saturated rings. The van der Waals surface area contributed by atoms with Gasteiger partial charge < -0.3 is 19.9 Å². The van der Waals surface area contributed by atoms with Crippen LogP contribution < -0.4 is 19.9 Å². The lowest BCUT2D eigenvalue weighted by Crippen LogP contribution is -2.16. The predicted molar refractivity (Wildman–Crippen MR) is 42.8 cm³/mol. The molecular formula is C8H7NO4. The van der Waals surface area contributed by atoms with Crippen LogP contribution in [0.5, 0.6) is 17.2 Å². The van der Waals surface area contributed by atoms with Gasteiger partial charge in [0.05, 0.1) is 0 Å². The summed E-state index contributed by atoms with van der Waals surface area (Å²) in [6, 6.07) is 4.78. The zero-order chi connectivity index (χ0) is 9.26. The number of primary amides is 1. The molecule has 2 rings (SSSR count). The number of hydrogen-bond acceptors (Lipinski definition) is 4. The van der Waals surface area contributed by atoms with Crippen LogP contribution in [0.25, 0.3) is 0 Å². The van der Waals surface area contributed by atoms with E-state index in [-0.39, 0.29) is 6.79 Å². The molecule has 0 spiro atoms. The summed E-state index contributed by atoms with van der Waals surface area (Å²) >= 11 is 0. The first kappa shape index (κ1) is 7.72. The largest absolute Gasteiger partial charge is 0.454 e. The number of benzene rings is 1. The average molecular weight is 181 g/mol. The molecule has 1 aromatic rings. The number of amides is 1. The Morgan fingerprint density at radius 1 is 1.38 bits per heavy atom. The topological polar surface area (TPSA) is 70.8 Å². The summed E-state index contributed by atoms with van der Waals surface area (Å²) in [5.41, 5.74) is 4.84. The van der Waals surface area contributed by atoms with Gasteiger partial charge in [0.25, 0.3) is 0 Å². The van der Waals surface area contributed by atoms with Crippen molar-refractivity contribution in [2.45, 2.75) is 0 Å². The van der Waals surface area contributed by atoms with Crippen molar-refractivity contribution in [3.8, 4) is 17.2 Å². The van der Waals surface area contributed by atoms with Gasteiger partial charge in [0.2, 0.25) is 6.79 Å². The highest BCUT2D eigenvalue weighted by molar-refractivity contribution is 5.68. The summed E-state index contributed by atoms with van der Waals surface area (Å²) in [4.78, 5) is 10.4. The van der Waals surface area contributed by atoms with Crippen LogP contribution in [0.2, 0.25) is 0 Å². The first-order valence-corrected chi connectivity index (χ1v) is 3.62. The lowest BCUT2D eigenvalue weighted by molar-refractivity contribution is 0.174. The maximum atomic E-state index is 10.4. The number of ether oxygens (including phenoxy) is 3. The summed E-state index contributed by atoms with van der Waals surface area (Å²) < 4.78 is 14.8. The summed E-state index contributed by atoms with van der Waals surface area (Å²) in [5.74, 6) is 1.53. The van der Waals surface area contributed by atoms with Crippen LogP contribution in [-0.2, 0) is 0 Å². The van der Waals surface area contributed by atoms with Gasteiger partial charge in [-0.2, -0.15) is 0 Å². The number of fused-ring (bicyclic) bond motifs is 1. The zero-order valence-corrected chi connectivity index (χ0v) is 6.65. The maximum absolute atomic E-state index is 10.4. The Morgan fingerprint density at radius 3 is 2.92 bits per heavy atom. The summed E-state index contributed by atoms with van der Waals surface area (Å²) in [6.07, 6.45) is -0.848. The lowest BCUT2D eigenvalue weighted by atomic mass is 10.3. The zero-order valence-electron chi connectivity index (χ0n) is 6.65. The fraction of sp³-hybridized carbons (Fsp3) is 0.125. The minimum atomic E-state index is -0.848. The van der Waals surface area contributed by atoms with E-state index in [1.807, 2.05) is 0 Å². The molecule has 1 aliphatic heterocycles. The predicted octanol–water partition coefficient (Wildman–Crippen LogP) is 0.873. The molecule has 2 N–H and O–H groups in total. The second-order valence-corrected chi connectivity index (χ2v) is 2.44. The van der Waals surface area contributed by atoms with Gasteiger partial charge in [-0.05, 0) is 12.1 Å². The third-order valence-corrected chi connectivity index (χ3v) is 1.56. The molecular weight excluding hydrogens is 174 g/mol. The third kappa shape index (κ3) is 1.48. The number of rotatable bonds is 1. The SMILES string of the molecule is NC(=O)Oc1ccc2c(c1)OCO2. The minimum absolute atomic E-state index is 0.190. The molecule has 0 aromatic heterocycles. The summed E-state index contributed by atoms with van der Waals surface area (Å²) in [6.45, 7) is 0.190. The van der Waals surface area contributed by atoms with Crippen LogP contribution >= 0.6 is 0 Å². The first-order valence-electron chi connectivity index (χ1n) is 3.62. The van der Waals surface area contributed by atoms with Crippen molar-refractivity contribution in [3.05, 3.63) is 18.2 Å². The maximum Gasteiger partial charge on any atom is 0.409 e. The van der Waals surface area contributed by atoms with E-state index in [4.69, 9.17) is 15.2 Å². The number of nitrogens with two attached hydrogens (primary N) is 1. The second-order valence-electron chi connectivity index (χ2n) is 2.44. The Hall–Kier alpha value is -1.91. The van der Waals surface area contributed by atoms with Crippen LogP contribution in [0, 0.1) is 0 Å². The Labute approximate surface area is 74.0 Å². The quantitative estimate of drug-likeness (QED) is 0.697. The van der Waals surface area contributed by atoms with Gasteiger partial charge in [-0.3, -0.25) is 0 Å². The molecule has 5 nitrogen and oxygen atoms in total. The van der Waals surface area contributed by atoms with Crippen molar-refractivity contribution < 1.29 is 19.0 Å². The molecule has 68 valence electrons. The summed E-state index contributed by atoms with van der Waals surface area (Å²) in [7, 11) is 0. The Bertz CT molecular complexity index is 350. The molecule has 1 amide bonds. The van der Waals surface area contributed by atoms with Gasteiger partial charge in [0, 0.05) is 6.07 Å². The van der Waals surface area contributed by atoms with Crippen LogP contribution in [-0.4, -0.2) is 12.9 Å². The van der Waals surface area contributed by atoms with Crippen LogP contribution in [0.15, 0.2) is 18.2 Å². The number of carbonyl (C=O) groups excluding carboxylic acids is 1. The molecule has 0 saturated carbocycles. The monoisotopic (exact) mass is 181 g/mol. The van der Waals surface area contributed by atoms with Crippen molar-refractivity contribution >= 4 is 6.09 Å². The Balaban J connectivity index is 2.25. The second kappa shape index (κ2) is 2.85. The van der Waals surface area contributed by atoms with E-state index in [9.17, 15) is 4.79 Å². The van der Waals surface area contributed by atoms with Gasteiger partial charge in [0.15, 0.2) is 11.5 Å². The smallest absolute Gasteiger partial charge is 0.409 e. The molecule has 0 aliphatic carbocycles. The van der Waals surface area contributed by atoms with Crippen molar-refractivity contribution in [1.29, 1.82) is 0 Å². The molecule has 1 aliphatic rings. The molecule has 13 heavy (non-hydrogen) atoms. The molecule has 0 unspecified atom stereocenters.